The van der Waals surface area contributed by atoms with E-state index in [1.165, 1.54) is 28.4 Å². The lowest BCUT2D eigenvalue weighted by Gasteiger charge is -2.17. The fourth-order valence-electron chi connectivity index (χ4n) is 2.14. The number of carbonyl (C=O) groups is 1. The molecule has 0 aliphatic heterocycles. The summed E-state index contributed by atoms with van der Waals surface area (Å²) in [5, 5.41) is 0. The first kappa shape index (κ1) is 17.7. The summed E-state index contributed by atoms with van der Waals surface area (Å²) in [5.74, 6) is 3.48. The van der Waals surface area contributed by atoms with Crippen LogP contribution in [0.4, 0.5) is 0 Å². The summed E-state index contributed by atoms with van der Waals surface area (Å²) in [4.78, 5) is 11.4. The van der Waals surface area contributed by atoms with Crippen LogP contribution in [0.25, 0.3) is 0 Å². The second-order valence-electron chi connectivity index (χ2n) is 4.49. The highest BCUT2D eigenvalue weighted by Crippen LogP contribution is 2.42. The summed E-state index contributed by atoms with van der Waals surface area (Å²) in [6, 6.07) is 1.05. The minimum atomic E-state index is -0.713. The van der Waals surface area contributed by atoms with E-state index in [-0.39, 0.29) is 0 Å². The molecule has 0 saturated carbocycles. The SMILES string of the molecule is C#Cc1c(CCC(N)C(=O)OC)cc(OC)c(OC)c1OC. The third-order valence-electron chi connectivity index (χ3n) is 3.28. The largest absolute Gasteiger partial charge is 0.493 e. The van der Waals surface area contributed by atoms with E-state index in [9.17, 15) is 4.79 Å². The molecule has 2 N–H and O–H groups in total. The molecule has 0 amide bonds. The lowest BCUT2D eigenvalue weighted by molar-refractivity contribution is -0.142. The van der Waals surface area contributed by atoms with Gasteiger partial charge in [0.05, 0.1) is 34.0 Å². The van der Waals surface area contributed by atoms with Crippen LogP contribution in [0.5, 0.6) is 17.2 Å². The topological polar surface area (TPSA) is 80.0 Å². The van der Waals surface area contributed by atoms with Gasteiger partial charge in [-0.25, -0.2) is 0 Å². The third-order valence-corrected chi connectivity index (χ3v) is 3.28. The lowest BCUT2D eigenvalue weighted by Crippen LogP contribution is -2.32. The van der Waals surface area contributed by atoms with Gasteiger partial charge in [0.15, 0.2) is 11.5 Å². The average molecular weight is 307 g/mol. The fraction of sp³-hybridized carbons (Fsp3) is 0.438. The Morgan fingerprint density at radius 3 is 2.32 bits per heavy atom. The summed E-state index contributed by atoms with van der Waals surface area (Å²) in [6.45, 7) is 0. The van der Waals surface area contributed by atoms with Gasteiger partial charge in [0.2, 0.25) is 5.75 Å². The first-order chi connectivity index (χ1) is 10.5. The van der Waals surface area contributed by atoms with Crippen molar-refractivity contribution in [2.75, 3.05) is 28.4 Å². The Balaban J connectivity index is 3.19. The van der Waals surface area contributed by atoms with E-state index >= 15 is 0 Å². The number of ether oxygens (including phenoxy) is 4. The predicted molar refractivity (Wildman–Crippen MR) is 82.3 cm³/mol. The molecule has 0 fully saturated rings. The van der Waals surface area contributed by atoms with Crippen molar-refractivity contribution in [2.24, 2.45) is 5.73 Å². The normalized spacial score (nSPS) is 11.3. The maximum Gasteiger partial charge on any atom is 0.322 e. The maximum atomic E-state index is 11.4. The van der Waals surface area contributed by atoms with E-state index in [2.05, 4.69) is 10.7 Å². The molecule has 6 heteroatoms. The first-order valence-corrected chi connectivity index (χ1v) is 6.65. The van der Waals surface area contributed by atoms with Gasteiger partial charge in [0.25, 0.3) is 0 Å². The Morgan fingerprint density at radius 1 is 1.23 bits per heavy atom. The number of hydrogen-bond donors (Lipinski definition) is 1. The molecule has 1 unspecified atom stereocenters. The highest BCUT2D eigenvalue weighted by Gasteiger charge is 2.21. The second kappa shape index (κ2) is 8.15. The van der Waals surface area contributed by atoms with Crippen molar-refractivity contribution < 1.29 is 23.7 Å². The van der Waals surface area contributed by atoms with E-state index < -0.39 is 12.0 Å². The Bertz CT molecular complexity index is 577. The molecule has 0 heterocycles. The zero-order valence-corrected chi connectivity index (χ0v) is 13.3. The van der Waals surface area contributed by atoms with Crippen molar-refractivity contribution in [1.82, 2.24) is 0 Å². The van der Waals surface area contributed by atoms with Crippen molar-refractivity contribution in [3.8, 4) is 29.6 Å². The van der Waals surface area contributed by atoms with Gasteiger partial charge in [-0.2, -0.15) is 0 Å². The van der Waals surface area contributed by atoms with Crippen LogP contribution in [-0.2, 0) is 16.0 Å². The lowest BCUT2D eigenvalue weighted by atomic mass is 9.98. The van der Waals surface area contributed by atoms with Gasteiger partial charge in [-0.1, -0.05) is 5.92 Å². The molecule has 0 radical (unpaired) electrons. The van der Waals surface area contributed by atoms with Gasteiger partial charge in [-0.3, -0.25) is 4.79 Å². The zero-order chi connectivity index (χ0) is 16.7. The summed E-state index contributed by atoms with van der Waals surface area (Å²) in [5.41, 5.74) is 7.09. The molecule has 0 spiro atoms. The Labute approximate surface area is 130 Å². The van der Waals surface area contributed by atoms with Gasteiger partial charge in [0.1, 0.15) is 6.04 Å². The number of hydrogen-bond acceptors (Lipinski definition) is 6. The number of aryl methyl sites for hydroxylation is 1. The monoisotopic (exact) mass is 307 g/mol. The maximum absolute atomic E-state index is 11.4. The van der Waals surface area contributed by atoms with Crippen molar-refractivity contribution in [3.63, 3.8) is 0 Å². The minimum Gasteiger partial charge on any atom is -0.493 e. The van der Waals surface area contributed by atoms with E-state index in [0.29, 0.717) is 35.7 Å². The summed E-state index contributed by atoms with van der Waals surface area (Å²) >= 11 is 0. The number of carbonyl (C=O) groups excluding carboxylic acids is 1. The van der Waals surface area contributed by atoms with Crippen LogP contribution >= 0.6 is 0 Å². The number of benzene rings is 1. The summed E-state index contributed by atoms with van der Waals surface area (Å²) in [6.07, 6.45) is 6.45. The standard InChI is InChI=1S/C16H21NO5/c1-6-11-10(7-8-12(17)16(18)22-5)9-13(19-2)15(21-4)14(11)20-3/h1,9,12H,7-8,17H2,2-5H3. The molecule has 1 aromatic carbocycles. The van der Waals surface area contributed by atoms with Crippen LogP contribution in [0.3, 0.4) is 0 Å². The number of terminal acetylenes is 1. The first-order valence-electron chi connectivity index (χ1n) is 6.65. The van der Waals surface area contributed by atoms with Crippen molar-refractivity contribution in [2.45, 2.75) is 18.9 Å². The van der Waals surface area contributed by atoms with Crippen molar-refractivity contribution in [3.05, 3.63) is 17.2 Å². The van der Waals surface area contributed by atoms with E-state index in [1.54, 1.807) is 6.07 Å². The molecule has 6 nitrogen and oxygen atoms in total. The molecule has 1 aromatic rings. The van der Waals surface area contributed by atoms with Gasteiger partial charge < -0.3 is 24.7 Å². The fourth-order valence-corrected chi connectivity index (χ4v) is 2.14. The predicted octanol–water partition coefficient (Wildman–Crippen LogP) is 1.13. The molecule has 0 aromatic heterocycles. The molecule has 0 bridgehead atoms. The zero-order valence-electron chi connectivity index (χ0n) is 13.3. The molecule has 0 saturated heterocycles. The van der Waals surface area contributed by atoms with Crippen molar-refractivity contribution >= 4 is 5.97 Å². The third kappa shape index (κ3) is 3.62. The van der Waals surface area contributed by atoms with E-state index in [1.807, 2.05) is 0 Å². The Kier molecular flexibility index (Phi) is 6.54. The Hall–Kier alpha value is -2.39. The summed E-state index contributed by atoms with van der Waals surface area (Å²) < 4.78 is 20.5. The Morgan fingerprint density at radius 2 is 1.86 bits per heavy atom. The van der Waals surface area contributed by atoms with Crippen LogP contribution < -0.4 is 19.9 Å². The quantitative estimate of drug-likeness (QED) is 0.601. The van der Waals surface area contributed by atoms with Crippen LogP contribution in [0.1, 0.15) is 17.5 Å². The van der Waals surface area contributed by atoms with Crippen LogP contribution in [-0.4, -0.2) is 40.5 Å². The average Bonchev–Trinajstić information content (AvgIpc) is 2.56. The summed E-state index contributed by atoms with van der Waals surface area (Å²) in [7, 11) is 5.83. The molecule has 22 heavy (non-hydrogen) atoms. The molecule has 0 aliphatic rings. The van der Waals surface area contributed by atoms with Crippen LogP contribution in [0, 0.1) is 12.3 Å². The highest BCUT2D eigenvalue weighted by molar-refractivity contribution is 5.75. The van der Waals surface area contributed by atoms with Gasteiger partial charge in [-0.15, -0.1) is 6.42 Å². The smallest absolute Gasteiger partial charge is 0.322 e. The molecular formula is C16H21NO5. The van der Waals surface area contributed by atoms with E-state index in [0.717, 1.165) is 5.56 Å². The minimum absolute atomic E-state index is 0.389. The van der Waals surface area contributed by atoms with Gasteiger partial charge >= 0.3 is 5.97 Å². The number of nitrogens with two attached hydrogens (primary N) is 1. The van der Waals surface area contributed by atoms with Gasteiger partial charge in [0, 0.05) is 0 Å². The molecule has 120 valence electrons. The van der Waals surface area contributed by atoms with Gasteiger partial charge in [-0.05, 0) is 24.5 Å². The number of rotatable bonds is 7. The number of esters is 1. The molecule has 1 rings (SSSR count). The molecular weight excluding hydrogens is 286 g/mol. The molecule has 1 atom stereocenters. The highest BCUT2D eigenvalue weighted by atomic mass is 16.5. The number of methoxy groups -OCH3 is 4. The van der Waals surface area contributed by atoms with Crippen LogP contribution in [0.2, 0.25) is 0 Å². The van der Waals surface area contributed by atoms with E-state index in [4.69, 9.17) is 26.4 Å². The second-order valence-corrected chi connectivity index (χ2v) is 4.49. The molecule has 0 aliphatic carbocycles. The van der Waals surface area contributed by atoms with Crippen molar-refractivity contribution in [1.29, 1.82) is 0 Å². The van der Waals surface area contributed by atoms with Crippen LogP contribution in [0.15, 0.2) is 6.07 Å².